The minimum atomic E-state index is 0.0168. The van der Waals surface area contributed by atoms with Crippen molar-refractivity contribution < 1.29 is 9.53 Å². The van der Waals surface area contributed by atoms with Gasteiger partial charge < -0.3 is 9.64 Å². The lowest BCUT2D eigenvalue weighted by Gasteiger charge is -2.28. The Hall–Kier alpha value is -0.280. The van der Waals surface area contributed by atoms with E-state index in [1.807, 2.05) is 4.90 Å². The van der Waals surface area contributed by atoms with Gasteiger partial charge in [0.05, 0.1) is 6.61 Å². The zero-order chi connectivity index (χ0) is 10.6. The molecule has 0 aromatic rings. The van der Waals surface area contributed by atoms with Crippen LogP contribution in [0.3, 0.4) is 0 Å². The van der Waals surface area contributed by atoms with Crippen LogP contribution < -0.4 is 0 Å². The van der Waals surface area contributed by atoms with Gasteiger partial charge >= 0.3 is 0 Å². The van der Waals surface area contributed by atoms with Crippen LogP contribution in [0, 0.1) is 5.92 Å². The maximum atomic E-state index is 11.5. The quantitative estimate of drug-likeness (QED) is 0.634. The standard InChI is InChI=1S/C10H18ClNO2/c1-8(9-3-4-9)12(5-6-14-2)10(13)7-11/h8-9H,3-7H2,1-2H3. The van der Waals surface area contributed by atoms with E-state index >= 15 is 0 Å². The summed E-state index contributed by atoms with van der Waals surface area (Å²) in [6, 6.07) is 0.316. The molecule has 0 spiro atoms. The third-order valence-corrected chi connectivity index (χ3v) is 3.00. The number of nitrogens with zero attached hydrogens (tertiary/aromatic N) is 1. The van der Waals surface area contributed by atoms with Gasteiger partial charge in [0.1, 0.15) is 5.88 Å². The predicted molar refractivity (Wildman–Crippen MR) is 56.5 cm³/mol. The van der Waals surface area contributed by atoms with Gasteiger partial charge in [-0.2, -0.15) is 0 Å². The number of carbonyl (C=O) groups excluding carboxylic acids is 1. The first-order chi connectivity index (χ1) is 6.70. The molecule has 1 fully saturated rings. The molecule has 0 aromatic carbocycles. The maximum Gasteiger partial charge on any atom is 0.237 e. The van der Waals surface area contributed by atoms with Crippen molar-refractivity contribution in [3.8, 4) is 0 Å². The molecule has 1 saturated carbocycles. The predicted octanol–water partition coefficient (Wildman–Crippen LogP) is 1.50. The Morgan fingerprint density at radius 1 is 1.64 bits per heavy atom. The molecule has 0 radical (unpaired) electrons. The van der Waals surface area contributed by atoms with E-state index in [1.165, 1.54) is 12.8 Å². The summed E-state index contributed by atoms with van der Waals surface area (Å²) in [4.78, 5) is 13.4. The molecular formula is C10H18ClNO2. The van der Waals surface area contributed by atoms with Crippen LogP contribution in [0.25, 0.3) is 0 Å². The number of rotatable bonds is 6. The molecule has 1 aliphatic rings. The van der Waals surface area contributed by atoms with Gasteiger partial charge in [-0.05, 0) is 25.7 Å². The van der Waals surface area contributed by atoms with Crippen LogP contribution in [0.4, 0.5) is 0 Å². The first kappa shape index (κ1) is 11.8. The van der Waals surface area contributed by atoms with Crippen LogP contribution >= 0.6 is 11.6 Å². The summed E-state index contributed by atoms with van der Waals surface area (Å²) in [7, 11) is 1.64. The first-order valence-electron chi connectivity index (χ1n) is 5.05. The zero-order valence-corrected chi connectivity index (χ0v) is 9.59. The summed E-state index contributed by atoms with van der Waals surface area (Å²) < 4.78 is 4.98. The molecule has 0 N–H and O–H groups in total. The van der Waals surface area contributed by atoms with Crippen LogP contribution in [0.2, 0.25) is 0 Å². The third kappa shape index (κ3) is 3.14. The van der Waals surface area contributed by atoms with E-state index < -0.39 is 0 Å². The summed E-state index contributed by atoms with van der Waals surface area (Å²) in [5.74, 6) is 0.767. The van der Waals surface area contributed by atoms with E-state index in [4.69, 9.17) is 16.3 Å². The molecule has 0 bridgehead atoms. The Morgan fingerprint density at radius 2 is 2.29 bits per heavy atom. The maximum absolute atomic E-state index is 11.5. The van der Waals surface area contributed by atoms with Crippen molar-refractivity contribution in [1.29, 1.82) is 0 Å². The number of carbonyl (C=O) groups is 1. The highest BCUT2D eigenvalue weighted by molar-refractivity contribution is 6.27. The van der Waals surface area contributed by atoms with Crippen molar-refractivity contribution in [3.05, 3.63) is 0 Å². The third-order valence-electron chi connectivity index (χ3n) is 2.77. The average Bonchev–Trinajstić information content (AvgIpc) is 3.00. The molecule has 1 rings (SSSR count). The molecule has 82 valence electrons. The Kier molecular flexibility index (Phi) is 4.69. The van der Waals surface area contributed by atoms with Gasteiger partial charge in [0.25, 0.3) is 0 Å². The van der Waals surface area contributed by atoms with Gasteiger partial charge in [0.2, 0.25) is 5.91 Å². The number of halogens is 1. The summed E-state index contributed by atoms with van der Waals surface area (Å²) in [5.41, 5.74) is 0. The van der Waals surface area contributed by atoms with Crippen LogP contribution in [-0.4, -0.2) is 43.0 Å². The summed E-state index contributed by atoms with van der Waals surface area (Å²) in [6.45, 7) is 3.33. The Morgan fingerprint density at radius 3 is 2.71 bits per heavy atom. The second-order valence-corrected chi connectivity index (χ2v) is 4.06. The number of hydrogen-bond donors (Lipinski definition) is 0. The van der Waals surface area contributed by atoms with Crippen molar-refractivity contribution in [1.82, 2.24) is 4.90 Å². The molecule has 0 saturated heterocycles. The van der Waals surface area contributed by atoms with Gasteiger partial charge in [0.15, 0.2) is 0 Å². The average molecular weight is 220 g/mol. The highest BCUT2D eigenvalue weighted by atomic mass is 35.5. The molecule has 3 nitrogen and oxygen atoms in total. The van der Waals surface area contributed by atoms with Gasteiger partial charge in [-0.1, -0.05) is 0 Å². The Balaban J connectivity index is 2.45. The molecule has 1 amide bonds. The van der Waals surface area contributed by atoms with Crippen molar-refractivity contribution in [2.45, 2.75) is 25.8 Å². The number of methoxy groups -OCH3 is 1. The second-order valence-electron chi connectivity index (χ2n) is 3.79. The van der Waals surface area contributed by atoms with E-state index in [0.717, 1.165) is 0 Å². The van der Waals surface area contributed by atoms with E-state index in [2.05, 4.69) is 6.92 Å². The number of ether oxygens (including phenoxy) is 1. The molecule has 0 heterocycles. The SMILES string of the molecule is COCCN(C(=O)CCl)C(C)C1CC1. The van der Waals surface area contributed by atoms with Crippen LogP contribution in [0.15, 0.2) is 0 Å². The molecule has 1 atom stereocenters. The van der Waals surface area contributed by atoms with Crippen molar-refractivity contribution in [2.24, 2.45) is 5.92 Å². The minimum Gasteiger partial charge on any atom is -0.383 e. The molecule has 0 aliphatic heterocycles. The zero-order valence-electron chi connectivity index (χ0n) is 8.83. The van der Waals surface area contributed by atoms with Crippen LogP contribution in [-0.2, 0) is 9.53 Å². The first-order valence-corrected chi connectivity index (χ1v) is 5.58. The summed E-state index contributed by atoms with van der Waals surface area (Å²) in [6.07, 6.45) is 2.47. The lowest BCUT2D eigenvalue weighted by molar-refractivity contribution is -0.131. The van der Waals surface area contributed by atoms with Gasteiger partial charge in [-0.25, -0.2) is 0 Å². The number of amides is 1. The number of hydrogen-bond acceptors (Lipinski definition) is 2. The lowest BCUT2D eigenvalue weighted by atomic mass is 10.2. The Labute approximate surface area is 90.4 Å². The second kappa shape index (κ2) is 5.56. The van der Waals surface area contributed by atoms with Crippen molar-refractivity contribution in [2.75, 3.05) is 26.1 Å². The molecule has 14 heavy (non-hydrogen) atoms. The fourth-order valence-electron chi connectivity index (χ4n) is 1.65. The molecule has 1 unspecified atom stereocenters. The summed E-state index contributed by atoms with van der Waals surface area (Å²) >= 11 is 5.56. The van der Waals surface area contributed by atoms with Gasteiger partial charge in [-0.3, -0.25) is 4.79 Å². The minimum absolute atomic E-state index is 0.0168. The van der Waals surface area contributed by atoms with Gasteiger partial charge in [0, 0.05) is 19.7 Å². The largest absolute Gasteiger partial charge is 0.383 e. The van der Waals surface area contributed by atoms with Crippen molar-refractivity contribution in [3.63, 3.8) is 0 Å². The molecular weight excluding hydrogens is 202 g/mol. The smallest absolute Gasteiger partial charge is 0.237 e. The Bertz CT molecular complexity index is 195. The van der Waals surface area contributed by atoms with E-state index in [0.29, 0.717) is 25.1 Å². The highest BCUT2D eigenvalue weighted by Gasteiger charge is 2.33. The molecule has 0 aromatic heterocycles. The summed E-state index contributed by atoms with van der Waals surface area (Å²) in [5, 5.41) is 0. The van der Waals surface area contributed by atoms with E-state index in [-0.39, 0.29) is 11.8 Å². The fraction of sp³-hybridized carbons (Fsp3) is 0.900. The van der Waals surface area contributed by atoms with Crippen molar-refractivity contribution >= 4 is 17.5 Å². The van der Waals surface area contributed by atoms with Gasteiger partial charge in [-0.15, -0.1) is 11.6 Å². The highest BCUT2D eigenvalue weighted by Crippen LogP contribution is 2.35. The van der Waals surface area contributed by atoms with E-state index in [9.17, 15) is 4.79 Å². The topological polar surface area (TPSA) is 29.5 Å². The number of alkyl halides is 1. The monoisotopic (exact) mass is 219 g/mol. The lowest BCUT2D eigenvalue weighted by Crippen LogP contribution is -2.42. The normalized spacial score (nSPS) is 17.9. The van der Waals surface area contributed by atoms with Crippen LogP contribution in [0.5, 0.6) is 0 Å². The van der Waals surface area contributed by atoms with E-state index in [1.54, 1.807) is 7.11 Å². The molecule has 1 aliphatic carbocycles. The fourth-order valence-corrected chi connectivity index (χ4v) is 1.81. The molecule has 4 heteroatoms. The van der Waals surface area contributed by atoms with Crippen LogP contribution in [0.1, 0.15) is 19.8 Å².